The van der Waals surface area contributed by atoms with Gasteiger partial charge in [-0.1, -0.05) is 0 Å². The van der Waals surface area contributed by atoms with Crippen LogP contribution in [0.3, 0.4) is 0 Å². The summed E-state index contributed by atoms with van der Waals surface area (Å²) in [6.45, 7) is 1.29. The molecule has 1 aromatic rings. The van der Waals surface area contributed by atoms with Crippen molar-refractivity contribution in [2.45, 2.75) is 19.7 Å². The Hall–Kier alpha value is -1.91. The van der Waals surface area contributed by atoms with Crippen LogP contribution >= 0.6 is 0 Å². The summed E-state index contributed by atoms with van der Waals surface area (Å²) in [5.74, 6) is -1.30. The number of alkyl halides is 5. The van der Waals surface area contributed by atoms with Crippen LogP contribution in [0.4, 0.5) is 22.0 Å². The molecule has 0 amide bonds. The van der Waals surface area contributed by atoms with E-state index in [2.05, 4.69) is 9.72 Å². The summed E-state index contributed by atoms with van der Waals surface area (Å²) < 4.78 is 64.3. The lowest BCUT2D eigenvalue weighted by atomic mass is 10.1. The maximum Gasteiger partial charge on any atom is 0.574 e. The molecule has 0 N–H and O–H groups in total. The molecule has 0 aromatic carbocycles. The third kappa shape index (κ3) is 3.03. The lowest BCUT2D eigenvalue weighted by Gasteiger charge is -2.13. The van der Waals surface area contributed by atoms with Crippen molar-refractivity contribution in [3.63, 3.8) is 0 Å². The van der Waals surface area contributed by atoms with Crippen molar-refractivity contribution < 1.29 is 26.7 Å². The van der Waals surface area contributed by atoms with Crippen molar-refractivity contribution in [1.29, 1.82) is 5.26 Å². The van der Waals surface area contributed by atoms with E-state index in [4.69, 9.17) is 5.26 Å². The Morgan fingerprint density at radius 2 is 2.00 bits per heavy atom. The highest BCUT2D eigenvalue weighted by atomic mass is 19.4. The molecule has 0 saturated heterocycles. The maximum absolute atomic E-state index is 12.6. The molecule has 0 spiro atoms. The molecule has 0 fully saturated rings. The van der Waals surface area contributed by atoms with Gasteiger partial charge in [0, 0.05) is 6.20 Å². The first-order chi connectivity index (χ1) is 7.76. The normalized spacial score (nSPS) is 11.4. The Bertz CT molecular complexity index is 464. The number of nitrogens with zero attached hydrogens (tertiary/aromatic N) is 2. The van der Waals surface area contributed by atoms with E-state index in [0.717, 1.165) is 6.20 Å². The minimum absolute atomic E-state index is 0.0531. The molecule has 0 unspecified atom stereocenters. The van der Waals surface area contributed by atoms with Gasteiger partial charge in [-0.3, -0.25) is 0 Å². The van der Waals surface area contributed by atoms with Gasteiger partial charge >= 0.3 is 6.36 Å². The summed E-state index contributed by atoms with van der Waals surface area (Å²) in [5, 5.41) is 8.62. The fourth-order valence-corrected chi connectivity index (χ4v) is 1.15. The SMILES string of the molecule is Cc1cnc(OC(F)(F)F)c(C(F)F)c1C#N. The van der Waals surface area contributed by atoms with Crippen LogP contribution in [0.2, 0.25) is 0 Å². The quantitative estimate of drug-likeness (QED) is 0.760. The minimum atomic E-state index is -5.14. The van der Waals surface area contributed by atoms with Gasteiger partial charge in [-0.15, -0.1) is 13.2 Å². The molecular weight excluding hydrogens is 247 g/mol. The fraction of sp³-hybridized carbons (Fsp3) is 0.333. The molecule has 8 heteroatoms. The first-order valence-corrected chi connectivity index (χ1v) is 4.19. The Balaban J connectivity index is 3.37. The molecule has 92 valence electrons. The van der Waals surface area contributed by atoms with Gasteiger partial charge in [0.25, 0.3) is 6.43 Å². The van der Waals surface area contributed by atoms with E-state index < -0.39 is 29.8 Å². The summed E-state index contributed by atoms with van der Waals surface area (Å²) in [6, 6.07) is 1.40. The van der Waals surface area contributed by atoms with Gasteiger partial charge in [0.15, 0.2) is 0 Å². The van der Waals surface area contributed by atoms with E-state index in [-0.39, 0.29) is 5.56 Å². The van der Waals surface area contributed by atoms with Crippen LogP contribution in [0.1, 0.15) is 23.1 Å². The van der Waals surface area contributed by atoms with E-state index in [1.54, 1.807) is 0 Å². The molecule has 0 radical (unpaired) electrons. The molecule has 3 nitrogen and oxygen atoms in total. The van der Waals surface area contributed by atoms with Crippen LogP contribution in [-0.4, -0.2) is 11.3 Å². The van der Waals surface area contributed by atoms with Crippen molar-refractivity contribution in [2.24, 2.45) is 0 Å². The zero-order valence-electron chi connectivity index (χ0n) is 8.35. The van der Waals surface area contributed by atoms with E-state index in [1.807, 2.05) is 0 Å². The predicted molar refractivity (Wildman–Crippen MR) is 45.3 cm³/mol. The lowest BCUT2D eigenvalue weighted by Crippen LogP contribution is -2.19. The average molecular weight is 252 g/mol. The summed E-state index contributed by atoms with van der Waals surface area (Å²) in [7, 11) is 0. The highest BCUT2D eigenvalue weighted by Gasteiger charge is 2.35. The second-order valence-electron chi connectivity index (χ2n) is 3.00. The number of aromatic nitrogens is 1. The molecule has 0 bridgehead atoms. The topological polar surface area (TPSA) is 45.9 Å². The van der Waals surface area contributed by atoms with Crippen molar-refractivity contribution in [2.75, 3.05) is 0 Å². The van der Waals surface area contributed by atoms with Gasteiger partial charge in [0.2, 0.25) is 5.88 Å². The lowest BCUT2D eigenvalue weighted by molar-refractivity contribution is -0.276. The van der Waals surface area contributed by atoms with Crippen LogP contribution in [0, 0.1) is 18.3 Å². The fourth-order valence-electron chi connectivity index (χ4n) is 1.15. The molecule has 0 atom stereocenters. The van der Waals surface area contributed by atoms with Crippen molar-refractivity contribution in [3.05, 3.63) is 22.9 Å². The van der Waals surface area contributed by atoms with E-state index >= 15 is 0 Å². The van der Waals surface area contributed by atoms with Gasteiger partial charge in [-0.05, 0) is 12.5 Å². The molecule has 0 aliphatic carbocycles. The maximum atomic E-state index is 12.6. The third-order valence-electron chi connectivity index (χ3n) is 1.81. The second-order valence-corrected chi connectivity index (χ2v) is 3.00. The van der Waals surface area contributed by atoms with Crippen LogP contribution in [-0.2, 0) is 0 Å². The molecule has 0 aliphatic heterocycles. The number of aryl methyl sites for hydroxylation is 1. The van der Waals surface area contributed by atoms with E-state index in [9.17, 15) is 22.0 Å². The number of rotatable bonds is 2. The summed E-state index contributed by atoms with van der Waals surface area (Å²) in [6.07, 6.45) is -7.56. The summed E-state index contributed by atoms with van der Waals surface area (Å²) in [5.41, 5.74) is -1.66. The standard InChI is InChI=1S/C9H5F5N2O/c1-4-3-16-8(17-9(12,13)14)6(7(10)11)5(4)2-15/h3,7H,1H3. The van der Waals surface area contributed by atoms with E-state index in [0.29, 0.717) is 0 Å². The van der Waals surface area contributed by atoms with Gasteiger partial charge < -0.3 is 4.74 Å². The van der Waals surface area contributed by atoms with Crippen molar-refractivity contribution in [3.8, 4) is 11.9 Å². The molecule has 1 aromatic heterocycles. The van der Waals surface area contributed by atoms with Crippen molar-refractivity contribution >= 4 is 0 Å². The number of ether oxygens (including phenoxy) is 1. The Morgan fingerprint density at radius 3 is 2.41 bits per heavy atom. The summed E-state index contributed by atoms with van der Waals surface area (Å²) >= 11 is 0. The highest BCUT2D eigenvalue weighted by Crippen LogP contribution is 2.34. The molecule has 1 rings (SSSR count). The Kier molecular flexibility index (Phi) is 3.50. The van der Waals surface area contributed by atoms with Gasteiger partial charge in [-0.25, -0.2) is 13.8 Å². The zero-order chi connectivity index (χ0) is 13.2. The zero-order valence-corrected chi connectivity index (χ0v) is 8.35. The Labute approximate surface area is 92.4 Å². The molecular formula is C9H5F5N2O. The smallest absolute Gasteiger partial charge is 0.387 e. The molecule has 0 saturated carbocycles. The first kappa shape index (κ1) is 13.2. The largest absolute Gasteiger partial charge is 0.574 e. The number of pyridine rings is 1. The molecule has 0 aliphatic rings. The van der Waals surface area contributed by atoms with Gasteiger partial charge in [0.05, 0.1) is 11.1 Å². The number of hydrogen-bond acceptors (Lipinski definition) is 3. The first-order valence-electron chi connectivity index (χ1n) is 4.19. The van der Waals surface area contributed by atoms with Crippen molar-refractivity contribution in [1.82, 2.24) is 4.98 Å². The molecule has 17 heavy (non-hydrogen) atoms. The van der Waals surface area contributed by atoms with Crippen LogP contribution in [0.25, 0.3) is 0 Å². The summed E-state index contributed by atoms with van der Waals surface area (Å²) in [4.78, 5) is 3.12. The van der Waals surface area contributed by atoms with Gasteiger partial charge in [-0.2, -0.15) is 5.26 Å². The number of halogens is 5. The van der Waals surface area contributed by atoms with Crippen LogP contribution < -0.4 is 4.74 Å². The monoisotopic (exact) mass is 252 g/mol. The highest BCUT2D eigenvalue weighted by molar-refractivity contribution is 5.48. The minimum Gasteiger partial charge on any atom is -0.387 e. The predicted octanol–water partition coefficient (Wildman–Crippen LogP) is 3.10. The third-order valence-corrected chi connectivity index (χ3v) is 1.81. The van der Waals surface area contributed by atoms with Crippen LogP contribution in [0.5, 0.6) is 5.88 Å². The van der Waals surface area contributed by atoms with Gasteiger partial charge in [0.1, 0.15) is 6.07 Å². The number of hydrogen-bond donors (Lipinski definition) is 0. The Morgan fingerprint density at radius 1 is 1.41 bits per heavy atom. The second kappa shape index (κ2) is 4.53. The number of nitriles is 1. The molecule has 1 heterocycles. The van der Waals surface area contributed by atoms with Crippen LogP contribution in [0.15, 0.2) is 6.20 Å². The average Bonchev–Trinajstić information content (AvgIpc) is 2.17. The van der Waals surface area contributed by atoms with E-state index in [1.165, 1.54) is 13.0 Å².